The Morgan fingerprint density at radius 3 is 1.13 bits per heavy atom. The lowest BCUT2D eigenvalue weighted by Gasteiger charge is -2.20. The third-order valence-electron chi connectivity index (χ3n) is 9.26. The molecular formula is C42H77NO2. The van der Waals surface area contributed by atoms with Crippen LogP contribution in [0.4, 0.5) is 0 Å². The summed E-state index contributed by atoms with van der Waals surface area (Å²) in [5.74, 6) is 0. The van der Waals surface area contributed by atoms with Crippen molar-refractivity contribution < 1.29 is 9.47 Å². The van der Waals surface area contributed by atoms with Crippen LogP contribution in [0.1, 0.15) is 174 Å². The van der Waals surface area contributed by atoms with Gasteiger partial charge in [0.15, 0.2) is 0 Å². The van der Waals surface area contributed by atoms with Crippen molar-refractivity contribution in [2.24, 2.45) is 0 Å². The summed E-state index contributed by atoms with van der Waals surface area (Å²) in [5, 5.41) is 0. The summed E-state index contributed by atoms with van der Waals surface area (Å²) in [6, 6.07) is 0.584. The largest absolute Gasteiger partial charge is 0.375 e. The Bertz CT molecular complexity index is 724. The van der Waals surface area contributed by atoms with Gasteiger partial charge in [0.05, 0.1) is 12.2 Å². The zero-order chi connectivity index (χ0) is 32.5. The molecule has 1 aliphatic rings. The number of allylic oxidation sites excluding steroid dienone is 8. The normalized spacial score (nSPS) is 19.2. The number of hydrogen-bond donors (Lipinski definition) is 0. The maximum absolute atomic E-state index is 6.42. The number of unbranched alkanes of at least 4 members (excludes halogenated alkanes) is 17. The molecule has 0 unspecified atom stereocenters. The monoisotopic (exact) mass is 628 g/mol. The van der Waals surface area contributed by atoms with Crippen LogP contribution < -0.4 is 0 Å². The molecule has 3 heteroatoms. The molecule has 0 spiro atoms. The molecular weight excluding hydrogens is 550 g/mol. The molecule has 0 heterocycles. The molecule has 0 bridgehead atoms. The van der Waals surface area contributed by atoms with Crippen LogP contribution in [-0.2, 0) is 9.47 Å². The fraction of sp³-hybridized carbons (Fsp3) is 0.810. The molecule has 1 aliphatic carbocycles. The van der Waals surface area contributed by atoms with E-state index < -0.39 is 0 Å². The first kappa shape index (κ1) is 41.9. The molecule has 0 aromatic heterocycles. The third-order valence-corrected chi connectivity index (χ3v) is 9.26. The lowest BCUT2D eigenvalue weighted by Crippen LogP contribution is -2.27. The molecule has 3 atom stereocenters. The van der Waals surface area contributed by atoms with Gasteiger partial charge in [-0.05, 0) is 104 Å². The molecule has 0 radical (unpaired) electrons. The molecule has 0 amide bonds. The minimum Gasteiger partial charge on any atom is -0.375 e. The van der Waals surface area contributed by atoms with Gasteiger partial charge in [0, 0.05) is 19.3 Å². The van der Waals surface area contributed by atoms with Gasteiger partial charge in [0.1, 0.15) is 0 Å². The lowest BCUT2D eigenvalue weighted by molar-refractivity contribution is -0.0578. The highest BCUT2D eigenvalue weighted by molar-refractivity contribution is 4.94. The fourth-order valence-corrected chi connectivity index (χ4v) is 6.18. The third kappa shape index (κ3) is 26.6. The van der Waals surface area contributed by atoms with Crippen LogP contribution in [0.3, 0.4) is 0 Å². The van der Waals surface area contributed by atoms with Crippen LogP contribution in [0, 0.1) is 0 Å². The van der Waals surface area contributed by atoms with Gasteiger partial charge in [-0.1, -0.05) is 133 Å². The quantitative estimate of drug-likeness (QED) is 0.0547. The van der Waals surface area contributed by atoms with Crippen LogP contribution in [0.15, 0.2) is 48.6 Å². The topological polar surface area (TPSA) is 21.7 Å². The predicted molar refractivity (Wildman–Crippen MR) is 200 cm³/mol. The maximum atomic E-state index is 6.42. The van der Waals surface area contributed by atoms with E-state index in [1.165, 1.54) is 135 Å². The highest BCUT2D eigenvalue weighted by Gasteiger charge is 2.36. The minimum atomic E-state index is 0.271. The van der Waals surface area contributed by atoms with Crippen molar-refractivity contribution in [2.75, 3.05) is 27.3 Å². The van der Waals surface area contributed by atoms with Crippen molar-refractivity contribution in [1.29, 1.82) is 0 Å². The Labute approximate surface area is 282 Å². The number of nitrogens with zero attached hydrogens (tertiary/aromatic N) is 1. The average Bonchev–Trinajstić information content (AvgIpc) is 3.45. The zero-order valence-electron chi connectivity index (χ0n) is 30.7. The molecule has 1 fully saturated rings. The second-order valence-corrected chi connectivity index (χ2v) is 13.7. The summed E-state index contributed by atoms with van der Waals surface area (Å²) in [4.78, 5) is 2.36. The van der Waals surface area contributed by atoms with Crippen molar-refractivity contribution in [3.63, 3.8) is 0 Å². The van der Waals surface area contributed by atoms with Crippen LogP contribution in [0.5, 0.6) is 0 Å². The zero-order valence-corrected chi connectivity index (χ0v) is 30.7. The summed E-state index contributed by atoms with van der Waals surface area (Å²) >= 11 is 0. The Kier molecular flexibility index (Phi) is 30.5. The number of hydrogen-bond acceptors (Lipinski definition) is 3. The first-order valence-corrected chi connectivity index (χ1v) is 19.7. The highest BCUT2D eigenvalue weighted by Crippen LogP contribution is 2.29. The van der Waals surface area contributed by atoms with Gasteiger partial charge in [-0.25, -0.2) is 0 Å². The molecule has 0 aliphatic heterocycles. The van der Waals surface area contributed by atoms with Crippen molar-refractivity contribution in [3.05, 3.63) is 48.6 Å². The minimum absolute atomic E-state index is 0.271. The van der Waals surface area contributed by atoms with Crippen LogP contribution >= 0.6 is 0 Å². The number of rotatable bonds is 32. The summed E-state index contributed by atoms with van der Waals surface area (Å²) in [6.45, 7) is 6.31. The van der Waals surface area contributed by atoms with Gasteiger partial charge in [-0.2, -0.15) is 0 Å². The van der Waals surface area contributed by atoms with Gasteiger partial charge in [0.25, 0.3) is 0 Å². The fourth-order valence-electron chi connectivity index (χ4n) is 6.18. The van der Waals surface area contributed by atoms with E-state index in [0.29, 0.717) is 6.04 Å². The first-order chi connectivity index (χ1) is 22.2. The molecule has 0 saturated heterocycles. The van der Waals surface area contributed by atoms with Crippen molar-refractivity contribution in [3.8, 4) is 0 Å². The number of ether oxygens (including phenoxy) is 2. The van der Waals surface area contributed by atoms with Gasteiger partial charge in [-0.3, -0.25) is 0 Å². The van der Waals surface area contributed by atoms with Crippen molar-refractivity contribution >= 4 is 0 Å². The molecule has 3 nitrogen and oxygen atoms in total. The molecule has 0 aromatic rings. The van der Waals surface area contributed by atoms with E-state index in [0.717, 1.165) is 38.9 Å². The van der Waals surface area contributed by atoms with Gasteiger partial charge in [-0.15, -0.1) is 0 Å². The van der Waals surface area contributed by atoms with E-state index in [4.69, 9.17) is 9.47 Å². The predicted octanol–water partition coefficient (Wildman–Crippen LogP) is 12.7. The second-order valence-electron chi connectivity index (χ2n) is 13.7. The molecule has 262 valence electrons. The van der Waals surface area contributed by atoms with Gasteiger partial charge in [0.2, 0.25) is 0 Å². The summed E-state index contributed by atoms with van der Waals surface area (Å²) in [6.07, 6.45) is 51.0. The Morgan fingerprint density at radius 2 is 0.778 bits per heavy atom. The SMILES string of the molecule is CCCCC/C=C\C/C=C\CCCCCCCCO[C@@H]1C[C@@H](N(C)C)C[C@@H]1OCCCCCCC/C=C\C/C=C\CCCCC. The average molecular weight is 628 g/mol. The summed E-state index contributed by atoms with van der Waals surface area (Å²) < 4.78 is 12.8. The maximum Gasteiger partial charge on any atom is 0.0852 e. The van der Waals surface area contributed by atoms with Gasteiger partial charge >= 0.3 is 0 Å². The van der Waals surface area contributed by atoms with Crippen LogP contribution in [0.2, 0.25) is 0 Å². The van der Waals surface area contributed by atoms with Crippen LogP contribution in [-0.4, -0.2) is 50.5 Å². The first-order valence-electron chi connectivity index (χ1n) is 19.7. The van der Waals surface area contributed by atoms with Crippen molar-refractivity contribution in [1.82, 2.24) is 4.90 Å². The smallest absolute Gasteiger partial charge is 0.0852 e. The van der Waals surface area contributed by atoms with E-state index in [1.807, 2.05) is 0 Å². The van der Waals surface area contributed by atoms with Crippen molar-refractivity contribution in [2.45, 2.75) is 193 Å². The standard InChI is InChI=1S/C42H77NO2/c1-5-7-9-11-13-15-17-19-21-23-25-27-29-31-33-35-37-45-42-39-40(43(3)4)38-41(42)44-36-34-32-30-28-26-24-22-20-18-16-14-12-10-8-6-2/h13-16,19-22,40-42H,5-12,17-18,23-39H2,1-4H3/b15-13-,16-14-,21-19-,22-20-/t40-,41-,42+/m0/s1. The second kappa shape index (κ2) is 32.8. The van der Waals surface area contributed by atoms with E-state index >= 15 is 0 Å². The molecule has 1 rings (SSSR count). The van der Waals surface area contributed by atoms with E-state index in [-0.39, 0.29) is 12.2 Å². The summed E-state index contributed by atoms with van der Waals surface area (Å²) in [7, 11) is 4.40. The molecule has 45 heavy (non-hydrogen) atoms. The van der Waals surface area contributed by atoms with Gasteiger partial charge < -0.3 is 14.4 Å². The highest BCUT2D eigenvalue weighted by atomic mass is 16.5. The van der Waals surface area contributed by atoms with E-state index in [1.54, 1.807) is 0 Å². The van der Waals surface area contributed by atoms with E-state index in [2.05, 4.69) is 81.5 Å². The molecule has 1 saturated carbocycles. The lowest BCUT2D eigenvalue weighted by atomic mass is 10.1. The Morgan fingerprint density at radius 1 is 0.444 bits per heavy atom. The molecule has 0 aromatic carbocycles. The summed E-state index contributed by atoms with van der Waals surface area (Å²) in [5.41, 5.74) is 0. The Hall–Kier alpha value is -1.16. The van der Waals surface area contributed by atoms with E-state index in [9.17, 15) is 0 Å². The molecule has 0 N–H and O–H groups in total. The Balaban J connectivity index is 2.02. The van der Waals surface area contributed by atoms with Crippen LogP contribution in [0.25, 0.3) is 0 Å².